The van der Waals surface area contributed by atoms with Crippen LogP contribution in [0.4, 0.5) is 0 Å². The Hall–Kier alpha value is -0.120. The first-order valence-corrected chi connectivity index (χ1v) is 6.28. The van der Waals surface area contributed by atoms with E-state index in [0.717, 1.165) is 15.4 Å². The van der Waals surface area contributed by atoms with E-state index in [2.05, 4.69) is 42.3 Å². The molecule has 0 amide bonds. The molecule has 98 valence electrons. The quantitative estimate of drug-likeness (QED) is 0.578. The van der Waals surface area contributed by atoms with Crippen LogP contribution in [0.3, 0.4) is 0 Å². The Labute approximate surface area is 102 Å². The number of hydrogen-bond acceptors (Lipinski definition) is 1. The Morgan fingerprint density at radius 1 is 0.812 bits per heavy atom. The van der Waals surface area contributed by atoms with Crippen molar-refractivity contribution >= 4 is 0 Å². The van der Waals surface area contributed by atoms with Gasteiger partial charge in [-0.3, -0.25) is 0 Å². The van der Waals surface area contributed by atoms with E-state index in [1.807, 2.05) is 7.11 Å². The molecule has 16 heavy (non-hydrogen) atoms. The predicted molar refractivity (Wildman–Crippen MR) is 70.4 cm³/mol. The fourth-order valence-electron chi connectivity index (χ4n) is 1.70. The molecule has 0 fully saturated rings. The van der Waals surface area contributed by atoms with Gasteiger partial charge in [0.15, 0.2) is 0 Å². The van der Waals surface area contributed by atoms with Crippen LogP contribution >= 0.6 is 0 Å². The van der Waals surface area contributed by atoms with Crippen molar-refractivity contribution in [2.75, 3.05) is 62.5 Å². The summed E-state index contributed by atoms with van der Waals surface area (Å²) in [4.78, 5) is 0. The first-order valence-electron chi connectivity index (χ1n) is 6.28. The van der Waals surface area contributed by atoms with E-state index in [-0.39, 0.29) is 0 Å². The van der Waals surface area contributed by atoms with Crippen molar-refractivity contribution in [3.8, 4) is 0 Å². The highest BCUT2D eigenvalue weighted by atomic mass is 16.5. The molecule has 0 aromatic carbocycles. The number of hydrogen-bond donors (Lipinski definition) is 0. The maximum absolute atomic E-state index is 5.54. The Bertz CT molecular complexity index is 179. The molecule has 0 bridgehead atoms. The lowest BCUT2D eigenvalue weighted by Gasteiger charge is -2.27. The zero-order chi connectivity index (χ0) is 12.8. The number of nitrogens with zero attached hydrogens (tertiary/aromatic N) is 2. The van der Waals surface area contributed by atoms with Crippen molar-refractivity contribution in [1.82, 2.24) is 0 Å². The van der Waals surface area contributed by atoms with E-state index in [4.69, 9.17) is 4.74 Å². The van der Waals surface area contributed by atoms with E-state index >= 15 is 0 Å². The van der Waals surface area contributed by atoms with Crippen LogP contribution < -0.4 is 0 Å². The second kappa shape index (κ2) is 6.58. The molecule has 0 aliphatic carbocycles. The molecular weight excluding hydrogens is 200 g/mol. The second-order valence-electron chi connectivity index (χ2n) is 6.82. The summed E-state index contributed by atoms with van der Waals surface area (Å²) in [6.45, 7) is 2.41. The topological polar surface area (TPSA) is 9.23 Å². The first-order chi connectivity index (χ1) is 7.14. The molecule has 0 saturated carbocycles. The summed E-state index contributed by atoms with van der Waals surface area (Å²) in [5.41, 5.74) is 0. The third-order valence-electron chi connectivity index (χ3n) is 2.81. The Kier molecular flexibility index (Phi) is 6.53. The van der Waals surface area contributed by atoms with Crippen molar-refractivity contribution in [2.45, 2.75) is 25.4 Å². The molecular formula is C13H32N2O+2. The highest BCUT2D eigenvalue weighted by Gasteiger charge is 2.15. The Balaban J connectivity index is 3.76. The number of quaternary nitrogens is 2. The molecule has 1 atom stereocenters. The third-order valence-corrected chi connectivity index (χ3v) is 2.81. The van der Waals surface area contributed by atoms with E-state index in [1.54, 1.807) is 0 Å². The van der Waals surface area contributed by atoms with Gasteiger partial charge in [0.1, 0.15) is 0 Å². The maximum atomic E-state index is 5.54. The molecule has 0 saturated heterocycles. The smallest absolute Gasteiger partial charge is 0.0805 e. The Morgan fingerprint density at radius 2 is 1.31 bits per heavy atom. The monoisotopic (exact) mass is 232 g/mol. The summed E-state index contributed by atoms with van der Waals surface area (Å²) >= 11 is 0. The summed E-state index contributed by atoms with van der Waals surface area (Å²) in [7, 11) is 15.3. The van der Waals surface area contributed by atoms with Gasteiger partial charge in [0.25, 0.3) is 0 Å². The summed E-state index contributed by atoms with van der Waals surface area (Å²) in [6, 6.07) is 0. The lowest BCUT2D eigenvalue weighted by molar-refractivity contribution is -0.871. The van der Waals surface area contributed by atoms with Gasteiger partial charge >= 0.3 is 0 Å². The molecule has 3 heteroatoms. The molecule has 0 aliphatic rings. The highest BCUT2D eigenvalue weighted by Crippen LogP contribution is 2.09. The Morgan fingerprint density at radius 3 is 1.69 bits per heavy atom. The number of methoxy groups -OCH3 is 1. The van der Waals surface area contributed by atoms with Crippen molar-refractivity contribution < 1.29 is 13.7 Å². The van der Waals surface area contributed by atoms with Gasteiger partial charge in [-0.05, 0) is 12.8 Å². The van der Waals surface area contributed by atoms with Crippen LogP contribution in [-0.4, -0.2) is 77.6 Å². The lowest BCUT2D eigenvalue weighted by atomic mass is 10.1. The van der Waals surface area contributed by atoms with Crippen molar-refractivity contribution in [3.05, 3.63) is 0 Å². The molecule has 3 nitrogen and oxygen atoms in total. The summed E-state index contributed by atoms with van der Waals surface area (Å²) in [6.07, 6.45) is 4.03. The van der Waals surface area contributed by atoms with Crippen LogP contribution in [-0.2, 0) is 4.74 Å². The van der Waals surface area contributed by atoms with Gasteiger partial charge in [0, 0.05) is 13.5 Å². The van der Waals surface area contributed by atoms with Gasteiger partial charge in [-0.1, -0.05) is 0 Å². The van der Waals surface area contributed by atoms with Gasteiger partial charge in [-0.15, -0.1) is 0 Å². The fourth-order valence-corrected chi connectivity index (χ4v) is 1.70. The molecule has 0 unspecified atom stereocenters. The molecule has 0 heterocycles. The fraction of sp³-hybridized carbons (Fsp3) is 1.00. The second-order valence-corrected chi connectivity index (χ2v) is 6.82. The zero-order valence-electron chi connectivity index (χ0n) is 12.4. The molecule has 0 aliphatic heterocycles. The minimum Gasteiger partial charge on any atom is -0.381 e. The van der Waals surface area contributed by atoms with Crippen LogP contribution in [0.5, 0.6) is 0 Å². The van der Waals surface area contributed by atoms with Crippen LogP contribution in [0.15, 0.2) is 0 Å². The standard InChI is InChI=1S/C13H32N2O/c1-14(2,3)11-8-9-13(16-7)10-12-15(4,5)6/h13H,8-12H2,1-7H3/q+2/t13-/m1/s1. The molecule has 0 aromatic rings. The van der Waals surface area contributed by atoms with Crippen LogP contribution in [0, 0.1) is 0 Å². The molecule has 0 rings (SSSR count). The van der Waals surface area contributed by atoms with E-state index in [1.165, 1.54) is 25.9 Å². The summed E-state index contributed by atoms with van der Waals surface area (Å²) in [5, 5.41) is 0. The van der Waals surface area contributed by atoms with Crippen LogP contribution in [0.2, 0.25) is 0 Å². The normalized spacial score (nSPS) is 15.2. The number of rotatable bonds is 8. The van der Waals surface area contributed by atoms with Crippen molar-refractivity contribution in [1.29, 1.82) is 0 Å². The van der Waals surface area contributed by atoms with Gasteiger partial charge in [0.2, 0.25) is 0 Å². The van der Waals surface area contributed by atoms with Gasteiger partial charge in [-0.2, -0.15) is 0 Å². The van der Waals surface area contributed by atoms with Gasteiger partial charge in [-0.25, -0.2) is 0 Å². The minimum atomic E-state index is 0.434. The minimum absolute atomic E-state index is 0.434. The lowest BCUT2D eigenvalue weighted by Crippen LogP contribution is -2.38. The van der Waals surface area contributed by atoms with Crippen LogP contribution in [0.1, 0.15) is 19.3 Å². The van der Waals surface area contributed by atoms with Gasteiger partial charge in [0.05, 0.1) is 61.5 Å². The average Bonchev–Trinajstić information content (AvgIpc) is 2.07. The van der Waals surface area contributed by atoms with Crippen LogP contribution in [0.25, 0.3) is 0 Å². The highest BCUT2D eigenvalue weighted by molar-refractivity contribution is 4.57. The molecule has 0 aromatic heterocycles. The van der Waals surface area contributed by atoms with E-state index in [0.29, 0.717) is 6.10 Å². The van der Waals surface area contributed by atoms with E-state index < -0.39 is 0 Å². The zero-order valence-corrected chi connectivity index (χ0v) is 12.4. The molecule has 0 spiro atoms. The summed E-state index contributed by atoms with van der Waals surface area (Å²) < 4.78 is 7.61. The molecule has 0 N–H and O–H groups in total. The number of ether oxygens (including phenoxy) is 1. The first kappa shape index (κ1) is 15.9. The van der Waals surface area contributed by atoms with Gasteiger partial charge < -0.3 is 13.7 Å². The molecule has 0 radical (unpaired) electrons. The van der Waals surface area contributed by atoms with Crippen molar-refractivity contribution in [3.63, 3.8) is 0 Å². The van der Waals surface area contributed by atoms with Crippen molar-refractivity contribution in [2.24, 2.45) is 0 Å². The average molecular weight is 232 g/mol. The maximum Gasteiger partial charge on any atom is 0.0805 e. The largest absolute Gasteiger partial charge is 0.381 e. The summed E-state index contributed by atoms with van der Waals surface area (Å²) in [5.74, 6) is 0. The predicted octanol–water partition coefficient (Wildman–Crippen LogP) is 1.58. The third kappa shape index (κ3) is 10.4. The van der Waals surface area contributed by atoms with E-state index in [9.17, 15) is 0 Å². The SMILES string of the molecule is CO[C@H](CCC[N+](C)(C)C)CC[N+](C)(C)C.